The molecular formula is C14H19N. The fraction of sp³-hybridized carbons (Fsp3) is 0.429. The number of benzene rings is 1. The van der Waals surface area contributed by atoms with Gasteiger partial charge in [0.25, 0.3) is 0 Å². The summed E-state index contributed by atoms with van der Waals surface area (Å²) < 4.78 is 2.35. The molecule has 0 amide bonds. The highest BCUT2D eigenvalue weighted by Gasteiger charge is 2.04. The van der Waals surface area contributed by atoms with Gasteiger partial charge < -0.3 is 4.57 Å². The molecule has 1 nitrogen and oxygen atoms in total. The third kappa shape index (κ3) is 1.92. The van der Waals surface area contributed by atoms with E-state index in [0.29, 0.717) is 5.92 Å². The molecule has 0 aliphatic heterocycles. The molecule has 0 saturated carbocycles. The quantitative estimate of drug-likeness (QED) is 0.694. The number of hydrogen-bond acceptors (Lipinski definition) is 0. The van der Waals surface area contributed by atoms with Gasteiger partial charge in [-0.25, -0.2) is 0 Å². The molecule has 1 aromatic heterocycles. The summed E-state index contributed by atoms with van der Waals surface area (Å²) in [6, 6.07) is 6.79. The van der Waals surface area contributed by atoms with Crippen molar-refractivity contribution in [3.8, 4) is 0 Å². The van der Waals surface area contributed by atoms with Crippen LogP contribution < -0.4 is 0 Å². The van der Waals surface area contributed by atoms with Gasteiger partial charge >= 0.3 is 0 Å². The van der Waals surface area contributed by atoms with Gasteiger partial charge in [0.1, 0.15) is 0 Å². The number of fused-ring (bicyclic) bond motifs is 1. The van der Waals surface area contributed by atoms with Gasteiger partial charge in [-0.3, -0.25) is 0 Å². The first-order chi connectivity index (χ1) is 7.08. The number of nitrogens with zero attached hydrogens (tertiary/aromatic N) is 1. The van der Waals surface area contributed by atoms with E-state index in [0.717, 1.165) is 6.54 Å². The molecule has 0 saturated heterocycles. The average molecular weight is 201 g/mol. The zero-order valence-corrected chi connectivity index (χ0v) is 10.0. The SMILES string of the molecule is Cc1cc2ccn(CC(C)C)c2cc1C. The van der Waals surface area contributed by atoms with Crippen molar-refractivity contribution in [2.24, 2.45) is 5.92 Å². The maximum atomic E-state index is 2.35. The maximum Gasteiger partial charge on any atom is 0.0483 e. The van der Waals surface area contributed by atoms with E-state index in [1.165, 1.54) is 22.0 Å². The Morgan fingerprint density at radius 3 is 2.47 bits per heavy atom. The molecule has 2 aromatic rings. The van der Waals surface area contributed by atoms with Crippen LogP contribution >= 0.6 is 0 Å². The summed E-state index contributed by atoms with van der Waals surface area (Å²) in [6.45, 7) is 9.97. The van der Waals surface area contributed by atoms with E-state index in [1.807, 2.05) is 0 Å². The summed E-state index contributed by atoms with van der Waals surface area (Å²) in [4.78, 5) is 0. The Bertz CT molecular complexity index is 477. The molecule has 0 atom stereocenters. The van der Waals surface area contributed by atoms with E-state index < -0.39 is 0 Å². The van der Waals surface area contributed by atoms with Gasteiger partial charge in [0.15, 0.2) is 0 Å². The van der Waals surface area contributed by atoms with Crippen molar-refractivity contribution in [3.63, 3.8) is 0 Å². The molecule has 1 heteroatoms. The van der Waals surface area contributed by atoms with Crippen LogP contribution in [0, 0.1) is 19.8 Å². The van der Waals surface area contributed by atoms with E-state index in [1.54, 1.807) is 0 Å². The van der Waals surface area contributed by atoms with E-state index >= 15 is 0 Å². The van der Waals surface area contributed by atoms with Gasteiger partial charge in [-0.2, -0.15) is 0 Å². The first-order valence-electron chi connectivity index (χ1n) is 5.64. The molecule has 0 unspecified atom stereocenters. The lowest BCUT2D eigenvalue weighted by Gasteiger charge is -2.09. The summed E-state index contributed by atoms with van der Waals surface area (Å²) in [5.41, 5.74) is 4.13. The van der Waals surface area contributed by atoms with Crippen LogP contribution in [-0.2, 0) is 6.54 Å². The lowest BCUT2D eigenvalue weighted by Crippen LogP contribution is -2.02. The van der Waals surface area contributed by atoms with Crippen LogP contribution in [0.1, 0.15) is 25.0 Å². The van der Waals surface area contributed by atoms with Gasteiger partial charge in [-0.05, 0) is 54.5 Å². The Hall–Kier alpha value is -1.24. The summed E-state index contributed by atoms with van der Waals surface area (Å²) in [5.74, 6) is 0.696. The second-order valence-corrected chi connectivity index (χ2v) is 4.86. The van der Waals surface area contributed by atoms with Crippen LogP contribution in [0.25, 0.3) is 10.9 Å². The first-order valence-corrected chi connectivity index (χ1v) is 5.64. The summed E-state index contributed by atoms with van der Waals surface area (Å²) in [6.07, 6.45) is 2.20. The zero-order valence-electron chi connectivity index (χ0n) is 10.0. The van der Waals surface area contributed by atoms with Crippen molar-refractivity contribution in [2.75, 3.05) is 0 Å². The van der Waals surface area contributed by atoms with E-state index in [2.05, 4.69) is 56.7 Å². The molecule has 0 aliphatic carbocycles. The Balaban J connectivity index is 2.54. The molecule has 0 N–H and O–H groups in total. The molecule has 15 heavy (non-hydrogen) atoms. The highest BCUT2D eigenvalue weighted by atomic mass is 15.0. The Kier molecular flexibility index (Phi) is 2.56. The van der Waals surface area contributed by atoms with Crippen LogP contribution in [0.15, 0.2) is 24.4 Å². The number of hydrogen-bond donors (Lipinski definition) is 0. The van der Waals surface area contributed by atoms with E-state index in [-0.39, 0.29) is 0 Å². The molecular weight excluding hydrogens is 182 g/mol. The maximum absolute atomic E-state index is 2.35. The van der Waals surface area contributed by atoms with Gasteiger partial charge in [0.2, 0.25) is 0 Å². The molecule has 0 fully saturated rings. The second kappa shape index (κ2) is 3.73. The highest BCUT2D eigenvalue weighted by Crippen LogP contribution is 2.21. The van der Waals surface area contributed by atoms with Crippen LogP contribution in [-0.4, -0.2) is 4.57 Å². The molecule has 0 radical (unpaired) electrons. The summed E-state index contributed by atoms with van der Waals surface area (Å²) in [7, 11) is 0. The predicted octanol–water partition coefficient (Wildman–Crippen LogP) is 3.91. The van der Waals surface area contributed by atoms with Crippen molar-refractivity contribution >= 4 is 10.9 Å². The lowest BCUT2D eigenvalue weighted by atomic mass is 10.1. The molecule has 0 spiro atoms. The molecule has 1 aromatic carbocycles. The standard InChI is InChI=1S/C14H19N/c1-10(2)9-15-6-5-13-7-11(3)12(4)8-14(13)15/h5-8,10H,9H2,1-4H3. The normalized spacial score (nSPS) is 11.5. The summed E-state index contributed by atoms with van der Waals surface area (Å²) in [5, 5.41) is 1.36. The average Bonchev–Trinajstić information content (AvgIpc) is 2.49. The largest absolute Gasteiger partial charge is 0.347 e. The third-order valence-electron chi connectivity index (χ3n) is 2.95. The Morgan fingerprint density at radius 1 is 1.13 bits per heavy atom. The van der Waals surface area contributed by atoms with Crippen LogP contribution in [0.3, 0.4) is 0 Å². The van der Waals surface area contributed by atoms with Crippen molar-refractivity contribution in [1.82, 2.24) is 4.57 Å². The minimum Gasteiger partial charge on any atom is -0.347 e. The minimum atomic E-state index is 0.696. The van der Waals surface area contributed by atoms with Crippen molar-refractivity contribution in [3.05, 3.63) is 35.5 Å². The Labute approximate surface area is 91.7 Å². The number of aryl methyl sites for hydroxylation is 2. The smallest absolute Gasteiger partial charge is 0.0483 e. The van der Waals surface area contributed by atoms with E-state index in [9.17, 15) is 0 Å². The Morgan fingerprint density at radius 2 is 1.80 bits per heavy atom. The second-order valence-electron chi connectivity index (χ2n) is 4.86. The topological polar surface area (TPSA) is 4.93 Å². The van der Waals surface area contributed by atoms with Crippen molar-refractivity contribution in [1.29, 1.82) is 0 Å². The highest BCUT2D eigenvalue weighted by molar-refractivity contribution is 5.81. The molecule has 2 rings (SSSR count). The molecule has 80 valence electrons. The van der Waals surface area contributed by atoms with Crippen molar-refractivity contribution < 1.29 is 0 Å². The zero-order chi connectivity index (χ0) is 11.0. The van der Waals surface area contributed by atoms with Crippen molar-refractivity contribution in [2.45, 2.75) is 34.2 Å². The third-order valence-corrected chi connectivity index (χ3v) is 2.95. The monoisotopic (exact) mass is 201 g/mol. The van der Waals surface area contributed by atoms with Crippen LogP contribution in [0.5, 0.6) is 0 Å². The number of aromatic nitrogens is 1. The fourth-order valence-corrected chi connectivity index (χ4v) is 2.01. The van der Waals surface area contributed by atoms with Gasteiger partial charge in [-0.1, -0.05) is 13.8 Å². The van der Waals surface area contributed by atoms with Gasteiger partial charge in [0.05, 0.1) is 0 Å². The van der Waals surface area contributed by atoms with Gasteiger partial charge in [-0.15, -0.1) is 0 Å². The number of rotatable bonds is 2. The van der Waals surface area contributed by atoms with Crippen LogP contribution in [0.4, 0.5) is 0 Å². The molecule has 1 heterocycles. The fourth-order valence-electron chi connectivity index (χ4n) is 2.01. The minimum absolute atomic E-state index is 0.696. The lowest BCUT2D eigenvalue weighted by molar-refractivity contribution is 0.535. The molecule has 0 bridgehead atoms. The van der Waals surface area contributed by atoms with E-state index in [4.69, 9.17) is 0 Å². The predicted molar refractivity (Wildman–Crippen MR) is 66.3 cm³/mol. The summed E-state index contributed by atoms with van der Waals surface area (Å²) >= 11 is 0. The van der Waals surface area contributed by atoms with Gasteiger partial charge in [0, 0.05) is 18.3 Å². The molecule has 0 aliphatic rings. The van der Waals surface area contributed by atoms with Crippen LogP contribution in [0.2, 0.25) is 0 Å². The first kappa shape index (κ1) is 10.3.